The van der Waals surface area contributed by atoms with E-state index in [1.807, 2.05) is 0 Å². The molecule has 3 rings (SSSR count). The van der Waals surface area contributed by atoms with Crippen LogP contribution in [-0.2, 0) is 11.4 Å². The van der Waals surface area contributed by atoms with Gasteiger partial charge in [-0.3, -0.25) is 4.79 Å². The summed E-state index contributed by atoms with van der Waals surface area (Å²) in [6.07, 6.45) is 1.68. The molecule has 0 fully saturated rings. The minimum absolute atomic E-state index is 0.192. The van der Waals surface area contributed by atoms with Gasteiger partial charge < -0.3 is 10.5 Å². The van der Waals surface area contributed by atoms with Gasteiger partial charge in [-0.25, -0.2) is 0 Å². The first-order valence-electron chi connectivity index (χ1n) is 7.07. The van der Waals surface area contributed by atoms with E-state index < -0.39 is 0 Å². The fourth-order valence-corrected chi connectivity index (χ4v) is 3.55. The van der Waals surface area contributed by atoms with E-state index in [1.54, 1.807) is 42.5 Å². The van der Waals surface area contributed by atoms with Crippen molar-refractivity contribution in [3.8, 4) is 5.75 Å². The van der Waals surface area contributed by atoms with Gasteiger partial charge in [0.15, 0.2) is 5.17 Å². The average molecular weight is 414 g/mol. The number of amides is 1. The molecule has 1 aliphatic rings. The standard InChI is InChI=1S/C17H11Cl3N2O2S/c18-11-2-1-3-12(19)10(11)8-24-14-5-4-9(6-13(14)20)7-15-16(23)22-17(21)25-15/h1-7H,8H2,(H2,21,22,23)/b15-7-. The molecule has 0 spiro atoms. The summed E-state index contributed by atoms with van der Waals surface area (Å²) in [4.78, 5) is 15.7. The number of hydrogen-bond donors (Lipinski definition) is 1. The fourth-order valence-electron chi connectivity index (χ4n) is 2.12. The summed E-state index contributed by atoms with van der Waals surface area (Å²) in [5.41, 5.74) is 6.96. The first-order chi connectivity index (χ1) is 11.9. The lowest BCUT2D eigenvalue weighted by atomic mass is 10.2. The summed E-state index contributed by atoms with van der Waals surface area (Å²) >= 11 is 19.6. The highest BCUT2D eigenvalue weighted by atomic mass is 35.5. The van der Waals surface area contributed by atoms with E-state index in [2.05, 4.69) is 4.99 Å². The smallest absolute Gasteiger partial charge is 0.286 e. The molecule has 8 heteroatoms. The molecule has 2 aromatic rings. The van der Waals surface area contributed by atoms with Crippen molar-refractivity contribution in [3.63, 3.8) is 0 Å². The summed E-state index contributed by atoms with van der Waals surface area (Å²) in [6.45, 7) is 0.192. The lowest BCUT2D eigenvalue weighted by molar-refractivity contribution is -0.113. The van der Waals surface area contributed by atoms with Crippen molar-refractivity contribution in [2.45, 2.75) is 6.61 Å². The molecule has 0 saturated heterocycles. The maximum atomic E-state index is 11.6. The van der Waals surface area contributed by atoms with Gasteiger partial charge in [-0.1, -0.05) is 46.9 Å². The van der Waals surface area contributed by atoms with Crippen LogP contribution in [0.25, 0.3) is 6.08 Å². The molecule has 1 amide bonds. The van der Waals surface area contributed by atoms with Crippen molar-refractivity contribution in [1.29, 1.82) is 0 Å². The average Bonchev–Trinajstić information content (AvgIpc) is 2.86. The molecule has 0 radical (unpaired) electrons. The highest BCUT2D eigenvalue weighted by Crippen LogP contribution is 2.32. The SMILES string of the molecule is NC1=NC(=O)/C(=C/c2ccc(OCc3c(Cl)cccc3Cl)c(Cl)c2)S1. The second-order valence-electron chi connectivity index (χ2n) is 5.04. The largest absolute Gasteiger partial charge is 0.487 e. The third kappa shape index (κ3) is 4.30. The molecule has 1 aliphatic heterocycles. The maximum Gasteiger partial charge on any atom is 0.286 e. The number of hydrogen-bond acceptors (Lipinski definition) is 4. The second-order valence-corrected chi connectivity index (χ2v) is 7.33. The Kier molecular flexibility index (Phi) is 5.59. The lowest BCUT2D eigenvalue weighted by Crippen LogP contribution is -2.01. The van der Waals surface area contributed by atoms with Crippen LogP contribution in [0.5, 0.6) is 5.75 Å². The number of ether oxygens (including phenoxy) is 1. The minimum Gasteiger partial charge on any atom is -0.487 e. The Morgan fingerprint density at radius 3 is 2.44 bits per heavy atom. The number of thioether (sulfide) groups is 1. The number of rotatable bonds is 4. The van der Waals surface area contributed by atoms with Gasteiger partial charge in [-0.05, 0) is 47.7 Å². The fraction of sp³-hybridized carbons (Fsp3) is 0.0588. The van der Waals surface area contributed by atoms with E-state index in [9.17, 15) is 4.79 Å². The van der Waals surface area contributed by atoms with Gasteiger partial charge in [-0.15, -0.1) is 0 Å². The number of nitrogens with zero attached hydrogens (tertiary/aromatic N) is 1. The molecule has 2 N–H and O–H groups in total. The summed E-state index contributed by atoms with van der Waals surface area (Å²) in [5.74, 6) is 0.133. The van der Waals surface area contributed by atoms with Crippen molar-refractivity contribution in [2.24, 2.45) is 10.7 Å². The Balaban J connectivity index is 1.75. The molecule has 4 nitrogen and oxygen atoms in total. The van der Waals surface area contributed by atoms with Gasteiger partial charge in [0.25, 0.3) is 5.91 Å². The number of carbonyl (C=O) groups is 1. The molecular formula is C17H11Cl3N2O2S. The van der Waals surface area contributed by atoms with Gasteiger partial charge in [0, 0.05) is 15.6 Å². The minimum atomic E-state index is -0.354. The van der Waals surface area contributed by atoms with E-state index >= 15 is 0 Å². The van der Waals surface area contributed by atoms with Crippen LogP contribution in [0, 0.1) is 0 Å². The number of amidine groups is 1. The van der Waals surface area contributed by atoms with Crippen LogP contribution in [0.4, 0.5) is 0 Å². The number of halogens is 3. The van der Waals surface area contributed by atoms with Crippen molar-refractivity contribution in [1.82, 2.24) is 0 Å². The van der Waals surface area contributed by atoms with Gasteiger partial charge in [0.2, 0.25) is 0 Å². The van der Waals surface area contributed by atoms with Crippen molar-refractivity contribution in [2.75, 3.05) is 0 Å². The summed E-state index contributed by atoms with van der Waals surface area (Å²) in [5, 5.41) is 1.69. The van der Waals surface area contributed by atoms with Gasteiger partial charge in [0.1, 0.15) is 12.4 Å². The van der Waals surface area contributed by atoms with Gasteiger partial charge in [-0.2, -0.15) is 4.99 Å². The van der Waals surface area contributed by atoms with E-state index in [-0.39, 0.29) is 17.7 Å². The Morgan fingerprint density at radius 2 is 1.84 bits per heavy atom. The Bertz CT molecular complexity index is 893. The molecule has 2 aromatic carbocycles. The molecule has 128 valence electrons. The second kappa shape index (κ2) is 7.70. The molecule has 0 atom stereocenters. The number of aliphatic imine (C=N–C) groups is 1. The van der Waals surface area contributed by atoms with Crippen LogP contribution in [0.1, 0.15) is 11.1 Å². The Labute approximate surface area is 163 Å². The summed E-state index contributed by atoms with van der Waals surface area (Å²) in [6, 6.07) is 10.4. The quantitative estimate of drug-likeness (QED) is 0.704. The predicted octanol–water partition coefficient (Wildman–Crippen LogP) is 5.15. The molecule has 0 aliphatic carbocycles. The molecule has 0 aromatic heterocycles. The monoisotopic (exact) mass is 412 g/mol. The zero-order valence-corrected chi connectivity index (χ0v) is 15.7. The van der Waals surface area contributed by atoms with E-state index in [4.69, 9.17) is 45.3 Å². The number of nitrogens with two attached hydrogens (primary N) is 1. The summed E-state index contributed by atoms with van der Waals surface area (Å²) in [7, 11) is 0. The molecule has 0 saturated carbocycles. The molecule has 0 unspecified atom stereocenters. The third-order valence-corrected chi connectivity index (χ3v) is 5.14. The number of carbonyl (C=O) groups excluding carboxylic acids is 1. The molecule has 0 bridgehead atoms. The topological polar surface area (TPSA) is 64.7 Å². The van der Waals surface area contributed by atoms with Crippen molar-refractivity contribution in [3.05, 3.63) is 67.5 Å². The Morgan fingerprint density at radius 1 is 1.12 bits per heavy atom. The van der Waals surface area contributed by atoms with Crippen LogP contribution < -0.4 is 10.5 Å². The maximum absolute atomic E-state index is 11.6. The highest BCUT2D eigenvalue weighted by molar-refractivity contribution is 8.18. The molecular weight excluding hydrogens is 403 g/mol. The zero-order chi connectivity index (χ0) is 18.0. The predicted molar refractivity (Wildman–Crippen MR) is 104 cm³/mol. The van der Waals surface area contributed by atoms with Crippen LogP contribution in [0.2, 0.25) is 15.1 Å². The van der Waals surface area contributed by atoms with Crippen molar-refractivity contribution >= 4 is 63.7 Å². The summed E-state index contributed by atoms with van der Waals surface area (Å²) < 4.78 is 5.71. The van der Waals surface area contributed by atoms with Crippen LogP contribution in [0.3, 0.4) is 0 Å². The van der Waals surface area contributed by atoms with E-state index in [0.29, 0.717) is 31.3 Å². The first-order valence-corrected chi connectivity index (χ1v) is 9.02. The lowest BCUT2D eigenvalue weighted by Gasteiger charge is -2.11. The van der Waals surface area contributed by atoms with Crippen LogP contribution >= 0.6 is 46.6 Å². The van der Waals surface area contributed by atoms with Crippen LogP contribution in [-0.4, -0.2) is 11.1 Å². The third-order valence-electron chi connectivity index (χ3n) is 3.32. The molecule has 25 heavy (non-hydrogen) atoms. The molecule has 1 heterocycles. The van der Waals surface area contributed by atoms with Gasteiger partial charge >= 0.3 is 0 Å². The normalized spacial score (nSPS) is 15.6. The number of benzene rings is 2. The van der Waals surface area contributed by atoms with E-state index in [0.717, 1.165) is 17.3 Å². The Hall–Kier alpha value is -1.66. The first kappa shape index (κ1) is 18.1. The van der Waals surface area contributed by atoms with E-state index in [1.165, 1.54) is 0 Å². The van der Waals surface area contributed by atoms with Crippen LogP contribution in [0.15, 0.2) is 46.3 Å². The van der Waals surface area contributed by atoms with Crippen molar-refractivity contribution < 1.29 is 9.53 Å². The van der Waals surface area contributed by atoms with Gasteiger partial charge in [0.05, 0.1) is 9.93 Å². The zero-order valence-electron chi connectivity index (χ0n) is 12.6. The highest BCUT2D eigenvalue weighted by Gasteiger charge is 2.19.